The van der Waals surface area contributed by atoms with E-state index in [1.54, 1.807) is 0 Å². The van der Waals surface area contributed by atoms with Crippen LogP contribution in [0, 0.1) is 0 Å². The minimum atomic E-state index is 0.478. The predicted molar refractivity (Wildman–Crippen MR) is 78.0 cm³/mol. The summed E-state index contributed by atoms with van der Waals surface area (Å²) in [5.74, 6) is 1.18. The van der Waals surface area contributed by atoms with Gasteiger partial charge >= 0.3 is 0 Å². The Hall–Kier alpha value is -2.62. The summed E-state index contributed by atoms with van der Waals surface area (Å²) in [7, 11) is 0. The highest BCUT2D eigenvalue weighted by molar-refractivity contribution is 5.69. The van der Waals surface area contributed by atoms with E-state index in [9.17, 15) is 0 Å². The highest BCUT2D eigenvalue weighted by Crippen LogP contribution is 2.23. The molecule has 0 aliphatic carbocycles. The summed E-state index contributed by atoms with van der Waals surface area (Å²) < 4.78 is 5.28. The van der Waals surface area contributed by atoms with Crippen molar-refractivity contribution in [1.29, 1.82) is 0 Å². The molecule has 0 radical (unpaired) electrons. The number of rotatable bonds is 4. The molecule has 0 saturated heterocycles. The van der Waals surface area contributed by atoms with Gasteiger partial charge in [-0.15, -0.1) is 0 Å². The summed E-state index contributed by atoms with van der Waals surface area (Å²) in [4.78, 5) is 4.40. The fourth-order valence-corrected chi connectivity index (χ4v) is 2.06. The highest BCUT2D eigenvalue weighted by atomic mass is 16.5. The van der Waals surface area contributed by atoms with Gasteiger partial charge in [-0.25, -0.2) is 0 Å². The Bertz CT molecular complexity index is 692. The topological polar surface area (TPSA) is 64.9 Å². The maximum atomic E-state index is 5.90. The minimum Gasteiger partial charge on any atom is -0.398 e. The summed E-state index contributed by atoms with van der Waals surface area (Å²) in [6.07, 6.45) is 1.64. The molecule has 3 aromatic rings. The van der Waals surface area contributed by atoms with Crippen LogP contribution in [0.3, 0.4) is 0 Å². The lowest BCUT2D eigenvalue weighted by Gasteiger charge is -1.98. The number of hydrogen-bond acceptors (Lipinski definition) is 4. The first-order chi connectivity index (χ1) is 9.83. The highest BCUT2D eigenvalue weighted by Gasteiger charge is 2.11. The van der Waals surface area contributed by atoms with Crippen LogP contribution in [0.25, 0.3) is 11.5 Å². The summed E-state index contributed by atoms with van der Waals surface area (Å²) in [6, 6.07) is 17.7. The minimum absolute atomic E-state index is 0.478. The van der Waals surface area contributed by atoms with Gasteiger partial charge < -0.3 is 10.3 Å². The van der Waals surface area contributed by atoms with Gasteiger partial charge in [0.25, 0.3) is 5.89 Å². The summed E-state index contributed by atoms with van der Waals surface area (Å²) in [5, 5.41) is 4.01. The van der Waals surface area contributed by atoms with Crippen LogP contribution in [-0.2, 0) is 12.8 Å². The van der Waals surface area contributed by atoms with Gasteiger partial charge in [-0.05, 0) is 24.1 Å². The zero-order valence-corrected chi connectivity index (χ0v) is 11.0. The van der Waals surface area contributed by atoms with E-state index in [0.717, 1.165) is 18.4 Å². The number of benzene rings is 2. The van der Waals surface area contributed by atoms with Crippen molar-refractivity contribution in [2.24, 2.45) is 0 Å². The third-order valence-corrected chi connectivity index (χ3v) is 3.14. The van der Waals surface area contributed by atoms with Gasteiger partial charge in [0.15, 0.2) is 5.82 Å². The molecule has 2 aromatic carbocycles. The Morgan fingerprint density at radius 2 is 1.65 bits per heavy atom. The maximum Gasteiger partial charge on any atom is 0.260 e. The molecule has 0 aliphatic heterocycles. The van der Waals surface area contributed by atoms with Gasteiger partial charge in [0.1, 0.15) is 0 Å². The molecule has 100 valence electrons. The van der Waals surface area contributed by atoms with Crippen LogP contribution >= 0.6 is 0 Å². The van der Waals surface area contributed by atoms with E-state index in [1.165, 1.54) is 5.56 Å². The Labute approximate surface area is 117 Å². The number of aromatic nitrogens is 2. The monoisotopic (exact) mass is 265 g/mol. The Kier molecular flexibility index (Phi) is 3.46. The first kappa shape index (κ1) is 12.4. The molecule has 3 rings (SSSR count). The summed E-state index contributed by atoms with van der Waals surface area (Å²) in [5.41, 5.74) is 8.59. The average Bonchev–Trinajstić information content (AvgIpc) is 2.95. The molecule has 1 heterocycles. The van der Waals surface area contributed by atoms with Gasteiger partial charge in [0, 0.05) is 12.1 Å². The second-order valence-corrected chi connectivity index (χ2v) is 4.59. The molecule has 0 amide bonds. The third-order valence-electron chi connectivity index (χ3n) is 3.14. The lowest BCUT2D eigenvalue weighted by Crippen LogP contribution is -1.93. The molecule has 20 heavy (non-hydrogen) atoms. The molecular formula is C16H15N3O. The van der Waals surface area contributed by atoms with Crippen molar-refractivity contribution in [2.75, 3.05) is 5.73 Å². The van der Waals surface area contributed by atoms with Crippen molar-refractivity contribution in [1.82, 2.24) is 10.1 Å². The second kappa shape index (κ2) is 5.57. The van der Waals surface area contributed by atoms with E-state index in [2.05, 4.69) is 22.3 Å². The van der Waals surface area contributed by atoms with E-state index < -0.39 is 0 Å². The van der Waals surface area contributed by atoms with Crippen molar-refractivity contribution >= 4 is 5.69 Å². The molecule has 0 spiro atoms. The van der Waals surface area contributed by atoms with Gasteiger partial charge in [-0.2, -0.15) is 4.98 Å². The predicted octanol–water partition coefficient (Wildman–Crippen LogP) is 3.10. The lowest BCUT2D eigenvalue weighted by atomic mass is 10.1. The van der Waals surface area contributed by atoms with E-state index in [-0.39, 0.29) is 0 Å². The van der Waals surface area contributed by atoms with E-state index >= 15 is 0 Å². The Morgan fingerprint density at radius 1 is 0.900 bits per heavy atom. The fourth-order valence-electron chi connectivity index (χ4n) is 2.06. The van der Waals surface area contributed by atoms with Crippen molar-refractivity contribution in [3.05, 3.63) is 66.0 Å². The second-order valence-electron chi connectivity index (χ2n) is 4.59. The van der Waals surface area contributed by atoms with Crippen LogP contribution in [0.15, 0.2) is 59.1 Å². The summed E-state index contributed by atoms with van der Waals surface area (Å²) in [6.45, 7) is 0. The third kappa shape index (κ3) is 2.69. The lowest BCUT2D eigenvalue weighted by molar-refractivity contribution is 0.422. The van der Waals surface area contributed by atoms with Gasteiger partial charge in [0.2, 0.25) is 0 Å². The molecule has 0 unspecified atom stereocenters. The van der Waals surface area contributed by atoms with Crippen LogP contribution in [0.5, 0.6) is 0 Å². The number of nitrogen functional groups attached to an aromatic ring is 1. The maximum absolute atomic E-state index is 5.90. The van der Waals surface area contributed by atoms with Crippen LogP contribution in [0.4, 0.5) is 5.69 Å². The SMILES string of the molecule is Nc1ccccc1-c1nc(CCc2ccccc2)no1. The van der Waals surface area contributed by atoms with Crippen molar-refractivity contribution in [3.63, 3.8) is 0 Å². The molecule has 2 N–H and O–H groups in total. The fraction of sp³-hybridized carbons (Fsp3) is 0.125. The van der Waals surface area contributed by atoms with E-state index in [1.807, 2.05) is 42.5 Å². The number of aryl methyl sites for hydroxylation is 2. The quantitative estimate of drug-likeness (QED) is 0.736. The molecule has 4 heteroatoms. The van der Waals surface area contributed by atoms with Crippen molar-refractivity contribution < 1.29 is 4.52 Å². The van der Waals surface area contributed by atoms with Gasteiger partial charge in [0.05, 0.1) is 5.56 Å². The van der Waals surface area contributed by atoms with Crippen LogP contribution in [-0.4, -0.2) is 10.1 Å². The van der Waals surface area contributed by atoms with Crippen LogP contribution < -0.4 is 5.73 Å². The number of anilines is 1. The summed E-state index contributed by atoms with van der Waals surface area (Å²) >= 11 is 0. The molecule has 0 fully saturated rings. The number of nitrogens with two attached hydrogens (primary N) is 1. The molecule has 0 saturated carbocycles. The van der Waals surface area contributed by atoms with Crippen molar-refractivity contribution in [3.8, 4) is 11.5 Å². The van der Waals surface area contributed by atoms with Crippen LogP contribution in [0.1, 0.15) is 11.4 Å². The van der Waals surface area contributed by atoms with Crippen LogP contribution in [0.2, 0.25) is 0 Å². The molecule has 0 bridgehead atoms. The normalized spacial score (nSPS) is 10.6. The first-order valence-corrected chi connectivity index (χ1v) is 6.54. The first-order valence-electron chi connectivity index (χ1n) is 6.54. The Balaban J connectivity index is 1.73. The Morgan fingerprint density at radius 3 is 2.45 bits per heavy atom. The van der Waals surface area contributed by atoms with E-state index in [0.29, 0.717) is 17.4 Å². The smallest absolute Gasteiger partial charge is 0.260 e. The standard InChI is InChI=1S/C16H15N3O/c17-14-9-5-4-8-13(14)16-18-15(19-20-16)11-10-12-6-2-1-3-7-12/h1-9H,10-11,17H2. The molecule has 0 aliphatic rings. The van der Waals surface area contributed by atoms with Crippen molar-refractivity contribution in [2.45, 2.75) is 12.8 Å². The zero-order valence-electron chi connectivity index (χ0n) is 11.0. The average molecular weight is 265 g/mol. The molecular weight excluding hydrogens is 250 g/mol. The van der Waals surface area contributed by atoms with Gasteiger partial charge in [-0.3, -0.25) is 0 Å². The largest absolute Gasteiger partial charge is 0.398 e. The number of hydrogen-bond donors (Lipinski definition) is 1. The number of para-hydroxylation sites is 1. The molecule has 0 atom stereocenters. The van der Waals surface area contributed by atoms with Gasteiger partial charge in [-0.1, -0.05) is 47.6 Å². The van der Waals surface area contributed by atoms with E-state index in [4.69, 9.17) is 10.3 Å². The number of nitrogens with zero attached hydrogens (tertiary/aromatic N) is 2. The molecule has 1 aromatic heterocycles. The molecule has 4 nitrogen and oxygen atoms in total. The zero-order chi connectivity index (χ0) is 13.8.